The number of carbonyl (C=O) groups excluding carboxylic acids is 2. The molecule has 0 N–H and O–H groups in total. The van der Waals surface area contributed by atoms with E-state index in [-0.39, 0.29) is 16.4 Å². The van der Waals surface area contributed by atoms with Gasteiger partial charge in [0.2, 0.25) is 5.91 Å². The third-order valence-electron chi connectivity index (χ3n) is 4.20. The molecule has 1 aromatic carbocycles. The fourth-order valence-corrected chi connectivity index (χ4v) is 4.30. The second-order valence-electron chi connectivity index (χ2n) is 5.68. The van der Waals surface area contributed by atoms with Crippen LogP contribution in [0.15, 0.2) is 24.3 Å². The molecule has 3 rings (SSSR count). The molecule has 0 saturated carbocycles. The summed E-state index contributed by atoms with van der Waals surface area (Å²) in [5.41, 5.74) is 1.50. The van der Waals surface area contributed by atoms with Gasteiger partial charge in [0, 0.05) is 18.5 Å². The summed E-state index contributed by atoms with van der Waals surface area (Å²) in [6.07, 6.45) is 3.31. The SMILES string of the molecule is CC1(C(=O)N2CCCC(=O)c3ccccc32)CCCS1. The second-order valence-corrected chi connectivity index (χ2v) is 7.28. The van der Waals surface area contributed by atoms with Crippen molar-refractivity contribution in [2.45, 2.75) is 37.4 Å². The lowest BCUT2D eigenvalue weighted by Crippen LogP contribution is -2.44. The molecule has 4 heteroatoms. The zero-order valence-corrected chi connectivity index (χ0v) is 12.5. The van der Waals surface area contributed by atoms with Gasteiger partial charge in [0.05, 0.1) is 10.4 Å². The summed E-state index contributed by atoms with van der Waals surface area (Å²) in [5, 5.41) is 0. The van der Waals surface area contributed by atoms with E-state index < -0.39 is 0 Å². The topological polar surface area (TPSA) is 37.4 Å². The molecular formula is C16H19NO2S. The predicted octanol–water partition coefficient (Wildman–Crippen LogP) is 3.28. The van der Waals surface area contributed by atoms with Crippen LogP contribution < -0.4 is 4.90 Å². The van der Waals surface area contributed by atoms with E-state index >= 15 is 0 Å². The average molecular weight is 289 g/mol. The molecule has 1 aromatic rings. The molecule has 2 aliphatic heterocycles. The lowest BCUT2D eigenvalue weighted by molar-refractivity contribution is -0.120. The summed E-state index contributed by atoms with van der Waals surface area (Å²) < 4.78 is -0.319. The Bertz CT molecular complexity index is 549. The van der Waals surface area contributed by atoms with Crippen molar-refractivity contribution < 1.29 is 9.59 Å². The van der Waals surface area contributed by atoms with Crippen LogP contribution in [-0.2, 0) is 4.79 Å². The Labute approximate surface area is 123 Å². The van der Waals surface area contributed by atoms with E-state index in [2.05, 4.69) is 0 Å². The zero-order chi connectivity index (χ0) is 14.2. The molecule has 1 fully saturated rings. The highest BCUT2D eigenvalue weighted by Crippen LogP contribution is 2.41. The molecule has 20 heavy (non-hydrogen) atoms. The molecule has 1 amide bonds. The number of para-hydroxylation sites is 1. The first-order valence-corrected chi connectivity index (χ1v) is 8.18. The first-order chi connectivity index (χ1) is 9.62. The van der Waals surface area contributed by atoms with E-state index in [1.807, 2.05) is 36.1 Å². The normalized spacial score (nSPS) is 26.2. The summed E-state index contributed by atoms with van der Waals surface area (Å²) in [4.78, 5) is 26.9. The smallest absolute Gasteiger partial charge is 0.242 e. The number of hydrogen-bond donors (Lipinski definition) is 0. The van der Waals surface area contributed by atoms with Crippen molar-refractivity contribution >= 4 is 29.1 Å². The standard InChI is InChI=1S/C16H19NO2S/c1-16(9-5-11-20-16)15(19)17-10-4-8-14(18)12-6-2-3-7-13(12)17/h2-3,6-7H,4-5,8-11H2,1H3. The summed E-state index contributed by atoms with van der Waals surface area (Å²) in [6.45, 7) is 2.69. The molecule has 0 radical (unpaired) electrons. The minimum atomic E-state index is -0.319. The Morgan fingerprint density at radius 2 is 2.10 bits per heavy atom. The Kier molecular flexibility index (Phi) is 3.59. The van der Waals surface area contributed by atoms with Crippen molar-refractivity contribution in [1.29, 1.82) is 0 Å². The van der Waals surface area contributed by atoms with Gasteiger partial charge < -0.3 is 4.90 Å². The number of carbonyl (C=O) groups is 2. The first-order valence-electron chi connectivity index (χ1n) is 7.20. The van der Waals surface area contributed by atoms with Crippen molar-refractivity contribution in [3.8, 4) is 0 Å². The van der Waals surface area contributed by atoms with Gasteiger partial charge in [-0.05, 0) is 44.1 Å². The minimum absolute atomic E-state index is 0.153. The number of anilines is 1. The van der Waals surface area contributed by atoms with Gasteiger partial charge >= 0.3 is 0 Å². The lowest BCUT2D eigenvalue weighted by Gasteiger charge is -2.31. The highest BCUT2D eigenvalue weighted by Gasteiger charge is 2.41. The second kappa shape index (κ2) is 5.24. The van der Waals surface area contributed by atoms with Gasteiger partial charge in [-0.3, -0.25) is 9.59 Å². The molecule has 106 valence electrons. The van der Waals surface area contributed by atoms with Gasteiger partial charge in [-0.25, -0.2) is 0 Å². The van der Waals surface area contributed by atoms with Crippen molar-refractivity contribution in [3.05, 3.63) is 29.8 Å². The largest absolute Gasteiger partial charge is 0.310 e. The fraction of sp³-hybridized carbons (Fsp3) is 0.500. The summed E-state index contributed by atoms with van der Waals surface area (Å²) >= 11 is 1.75. The van der Waals surface area contributed by atoms with Crippen LogP contribution in [0.2, 0.25) is 0 Å². The highest BCUT2D eigenvalue weighted by atomic mass is 32.2. The maximum Gasteiger partial charge on any atom is 0.242 e. The predicted molar refractivity (Wildman–Crippen MR) is 82.5 cm³/mol. The molecule has 2 aliphatic rings. The quantitative estimate of drug-likeness (QED) is 0.796. The van der Waals surface area contributed by atoms with Gasteiger partial charge in [0.15, 0.2) is 5.78 Å². The monoisotopic (exact) mass is 289 g/mol. The summed E-state index contributed by atoms with van der Waals surface area (Å²) in [6, 6.07) is 7.52. The van der Waals surface area contributed by atoms with E-state index in [1.54, 1.807) is 11.8 Å². The third-order valence-corrected chi connectivity index (χ3v) is 5.71. The van der Waals surface area contributed by atoms with E-state index in [0.717, 1.165) is 30.7 Å². The highest BCUT2D eigenvalue weighted by molar-refractivity contribution is 8.01. The van der Waals surface area contributed by atoms with E-state index in [0.29, 0.717) is 18.5 Å². The van der Waals surface area contributed by atoms with Gasteiger partial charge in [0.25, 0.3) is 0 Å². The molecule has 2 heterocycles. The van der Waals surface area contributed by atoms with Crippen LogP contribution in [0.5, 0.6) is 0 Å². The van der Waals surface area contributed by atoms with Crippen LogP contribution in [0.1, 0.15) is 43.0 Å². The number of Topliss-reactive ketones (excluding diaryl/α,β-unsaturated/α-hetero) is 1. The molecule has 0 aromatic heterocycles. The minimum Gasteiger partial charge on any atom is -0.310 e. The van der Waals surface area contributed by atoms with Gasteiger partial charge in [-0.2, -0.15) is 0 Å². The van der Waals surface area contributed by atoms with Crippen molar-refractivity contribution in [1.82, 2.24) is 0 Å². The van der Waals surface area contributed by atoms with Crippen molar-refractivity contribution in [2.24, 2.45) is 0 Å². The molecule has 0 spiro atoms. The number of nitrogens with zero attached hydrogens (tertiary/aromatic N) is 1. The molecular weight excluding hydrogens is 270 g/mol. The van der Waals surface area contributed by atoms with Crippen LogP contribution in [-0.4, -0.2) is 28.7 Å². The Balaban J connectivity index is 1.99. The maximum absolute atomic E-state index is 12.9. The number of thioether (sulfide) groups is 1. The Morgan fingerprint density at radius 1 is 1.30 bits per heavy atom. The van der Waals surface area contributed by atoms with Crippen LogP contribution in [0.3, 0.4) is 0 Å². The number of rotatable bonds is 1. The number of hydrogen-bond acceptors (Lipinski definition) is 3. The fourth-order valence-electron chi connectivity index (χ4n) is 3.04. The molecule has 1 saturated heterocycles. The van der Waals surface area contributed by atoms with Crippen LogP contribution in [0.4, 0.5) is 5.69 Å². The molecule has 1 atom stereocenters. The van der Waals surface area contributed by atoms with E-state index in [4.69, 9.17) is 0 Å². The Hall–Kier alpha value is -1.29. The molecule has 1 unspecified atom stereocenters. The van der Waals surface area contributed by atoms with E-state index in [9.17, 15) is 9.59 Å². The summed E-state index contributed by atoms with van der Waals surface area (Å²) in [7, 11) is 0. The van der Waals surface area contributed by atoms with Crippen LogP contribution >= 0.6 is 11.8 Å². The number of fused-ring (bicyclic) bond motifs is 1. The Morgan fingerprint density at radius 3 is 2.85 bits per heavy atom. The zero-order valence-electron chi connectivity index (χ0n) is 11.7. The number of amides is 1. The first kappa shape index (κ1) is 13.7. The third kappa shape index (κ3) is 2.26. The van der Waals surface area contributed by atoms with E-state index in [1.165, 1.54) is 0 Å². The van der Waals surface area contributed by atoms with Crippen LogP contribution in [0.25, 0.3) is 0 Å². The van der Waals surface area contributed by atoms with Gasteiger partial charge in [-0.15, -0.1) is 11.8 Å². The molecule has 3 nitrogen and oxygen atoms in total. The van der Waals surface area contributed by atoms with Gasteiger partial charge in [-0.1, -0.05) is 12.1 Å². The number of ketones is 1. The van der Waals surface area contributed by atoms with Crippen molar-refractivity contribution in [2.75, 3.05) is 17.2 Å². The van der Waals surface area contributed by atoms with Crippen molar-refractivity contribution in [3.63, 3.8) is 0 Å². The average Bonchev–Trinajstić information content (AvgIpc) is 2.84. The lowest BCUT2D eigenvalue weighted by atomic mass is 10.0. The van der Waals surface area contributed by atoms with Gasteiger partial charge in [0.1, 0.15) is 0 Å². The van der Waals surface area contributed by atoms with Crippen LogP contribution in [0, 0.1) is 0 Å². The number of benzene rings is 1. The molecule has 0 bridgehead atoms. The maximum atomic E-state index is 12.9. The summed E-state index contributed by atoms with van der Waals surface area (Å²) in [5.74, 6) is 1.37. The molecule has 0 aliphatic carbocycles.